The number of hydrogen-bond donors (Lipinski definition) is 0. The van der Waals surface area contributed by atoms with Crippen LogP contribution in [0.25, 0.3) is 0 Å². The molecule has 0 rings (SSSR count). The number of nitrogens with zero attached hydrogens (tertiary/aromatic N) is 1. The fourth-order valence-corrected chi connectivity index (χ4v) is 0.303. The maximum absolute atomic E-state index is 9.24. The molecule has 0 aromatic heterocycles. The van der Waals surface area contributed by atoms with Gasteiger partial charge in [0.1, 0.15) is 6.26 Å². The van der Waals surface area contributed by atoms with Crippen molar-refractivity contribution in [2.75, 3.05) is 0 Å². The van der Waals surface area contributed by atoms with Crippen molar-refractivity contribution in [3.63, 3.8) is 0 Å². The van der Waals surface area contributed by atoms with Crippen molar-refractivity contribution in [3.8, 4) is 0 Å². The van der Waals surface area contributed by atoms with E-state index < -0.39 is 0 Å². The zero-order chi connectivity index (χ0) is 6.24. The molecule has 0 atom stereocenters. The van der Waals surface area contributed by atoms with Gasteiger partial charge >= 0.3 is 0 Å². The molecular weight excluding hydrogens is 106 g/mol. The first kappa shape index (κ1) is 7.14. The molecule has 0 aliphatic carbocycles. The highest BCUT2D eigenvalue weighted by Gasteiger charge is 1.71. The quantitative estimate of drug-likeness (QED) is 0.319. The topological polar surface area (TPSA) is 38.7 Å². The average molecular weight is 115 g/mol. The largest absolute Gasteiger partial charge is 0.332 e. The van der Waals surface area contributed by atoms with E-state index in [-0.39, 0.29) is 0 Å². The van der Waals surface area contributed by atoms with Crippen molar-refractivity contribution in [2.45, 2.75) is 19.8 Å². The molecule has 0 radical (unpaired) electrons. The van der Waals surface area contributed by atoms with Gasteiger partial charge in [-0.3, -0.25) is 0 Å². The van der Waals surface area contributed by atoms with Crippen LogP contribution in [0.5, 0.6) is 0 Å². The maximum atomic E-state index is 9.24. The van der Waals surface area contributed by atoms with E-state index in [1.807, 2.05) is 6.92 Å². The molecule has 0 aliphatic rings. The third kappa shape index (κ3) is 5.14. The summed E-state index contributed by atoms with van der Waals surface area (Å²) in [4.78, 5) is 13.3. The smallest absolute Gasteiger partial charge is 0.160 e. The highest BCUT2D eigenvalue weighted by molar-refractivity contribution is 4.71. The Kier molecular flexibility index (Phi) is 5.48. The minimum absolute atomic E-state index is 0.926. The van der Waals surface area contributed by atoms with Crippen molar-refractivity contribution < 1.29 is 4.84 Å². The van der Waals surface area contributed by atoms with Gasteiger partial charge in [-0.15, -0.1) is 4.91 Å². The van der Waals surface area contributed by atoms with Crippen LogP contribution in [0.15, 0.2) is 17.7 Å². The second-order valence-electron chi connectivity index (χ2n) is 1.34. The SMILES string of the molecule is CCC/C=C/ON=O. The summed E-state index contributed by atoms with van der Waals surface area (Å²) in [5, 5.41) is 2.17. The van der Waals surface area contributed by atoms with Crippen molar-refractivity contribution >= 4 is 0 Å². The Bertz CT molecular complexity index is 80.5. The van der Waals surface area contributed by atoms with Gasteiger partial charge < -0.3 is 4.84 Å². The minimum atomic E-state index is 0.926. The van der Waals surface area contributed by atoms with Crippen LogP contribution in [0.1, 0.15) is 19.8 Å². The van der Waals surface area contributed by atoms with Crippen LogP contribution in [0.2, 0.25) is 0 Å². The van der Waals surface area contributed by atoms with Crippen LogP contribution >= 0.6 is 0 Å². The first-order chi connectivity index (χ1) is 3.91. The number of allylic oxidation sites excluding steroid dienone is 1. The summed E-state index contributed by atoms with van der Waals surface area (Å²) in [5.74, 6) is 0. The van der Waals surface area contributed by atoms with E-state index in [0.717, 1.165) is 12.8 Å². The van der Waals surface area contributed by atoms with Gasteiger partial charge in [-0.25, -0.2) is 0 Å². The second kappa shape index (κ2) is 6.14. The zero-order valence-corrected chi connectivity index (χ0v) is 4.83. The summed E-state index contributed by atoms with van der Waals surface area (Å²) in [5.41, 5.74) is 0. The molecule has 8 heavy (non-hydrogen) atoms. The van der Waals surface area contributed by atoms with Gasteiger partial charge in [0, 0.05) is 0 Å². The predicted octanol–water partition coefficient (Wildman–Crippen LogP) is 2.00. The summed E-state index contributed by atoms with van der Waals surface area (Å²) < 4.78 is 0. The molecule has 0 aromatic carbocycles. The second-order valence-corrected chi connectivity index (χ2v) is 1.34. The lowest BCUT2D eigenvalue weighted by molar-refractivity contribution is 0.261. The molecule has 0 saturated carbocycles. The summed E-state index contributed by atoms with van der Waals surface area (Å²) in [6, 6.07) is 0. The lowest BCUT2D eigenvalue weighted by Crippen LogP contribution is -1.63. The van der Waals surface area contributed by atoms with Crippen LogP contribution in [0.4, 0.5) is 0 Å². The molecule has 0 aromatic rings. The lowest BCUT2D eigenvalue weighted by atomic mass is 10.3. The van der Waals surface area contributed by atoms with E-state index in [1.54, 1.807) is 6.08 Å². The minimum Gasteiger partial charge on any atom is -0.332 e. The standard InChI is InChI=1S/C5H9NO2/c1-2-3-4-5-8-6-7/h4-5H,2-3H2,1H3/b5-4+. The van der Waals surface area contributed by atoms with Crippen molar-refractivity contribution in [1.82, 2.24) is 0 Å². The van der Waals surface area contributed by atoms with E-state index in [0.29, 0.717) is 0 Å². The van der Waals surface area contributed by atoms with Gasteiger partial charge in [-0.2, -0.15) is 0 Å². The number of unbranched alkanes of at least 4 members (excludes halogenated alkanes) is 1. The Morgan fingerprint density at radius 2 is 2.50 bits per heavy atom. The van der Waals surface area contributed by atoms with Crippen LogP contribution < -0.4 is 0 Å². The Balaban J connectivity index is 2.94. The Hall–Kier alpha value is -0.860. The van der Waals surface area contributed by atoms with Crippen LogP contribution in [-0.4, -0.2) is 0 Å². The molecule has 0 saturated heterocycles. The molecule has 0 spiro atoms. The molecule has 0 heterocycles. The van der Waals surface area contributed by atoms with Crippen molar-refractivity contribution in [2.24, 2.45) is 5.34 Å². The predicted molar refractivity (Wildman–Crippen MR) is 30.9 cm³/mol. The van der Waals surface area contributed by atoms with E-state index >= 15 is 0 Å². The third-order valence-electron chi connectivity index (χ3n) is 0.655. The summed E-state index contributed by atoms with van der Waals surface area (Å²) in [7, 11) is 0. The fraction of sp³-hybridized carbons (Fsp3) is 0.600. The zero-order valence-electron chi connectivity index (χ0n) is 4.83. The highest BCUT2D eigenvalue weighted by Crippen LogP contribution is 1.88. The summed E-state index contributed by atoms with van der Waals surface area (Å²) in [6.45, 7) is 2.04. The van der Waals surface area contributed by atoms with Crippen LogP contribution in [0.3, 0.4) is 0 Å². The Labute approximate surface area is 48.3 Å². The molecule has 0 bridgehead atoms. The molecule has 46 valence electrons. The molecule has 0 fully saturated rings. The summed E-state index contributed by atoms with van der Waals surface area (Å²) >= 11 is 0. The molecule has 3 heteroatoms. The fourth-order valence-electron chi connectivity index (χ4n) is 0.303. The van der Waals surface area contributed by atoms with E-state index in [4.69, 9.17) is 0 Å². The third-order valence-corrected chi connectivity index (χ3v) is 0.655. The van der Waals surface area contributed by atoms with E-state index in [9.17, 15) is 4.91 Å². The molecular formula is C5H9NO2. The lowest BCUT2D eigenvalue weighted by Gasteiger charge is -1.80. The van der Waals surface area contributed by atoms with Gasteiger partial charge in [0.05, 0.1) is 0 Å². The van der Waals surface area contributed by atoms with Gasteiger partial charge in [-0.05, 0) is 12.5 Å². The number of rotatable bonds is 4. The molecule has 0 unspecified atom stereocenters. The first-order valence-corrected chi connectivity index (χ1v) is 2.55. The maximum Gasteiger partial charge on any atom is 0.160 e. The normalized spacial score (nSPS) is 9.62. The van der Waals surface area contributed by atoms with Crippen LogP contribution in [-0.2, 0) is 4.84 Å². The van der Waals surface area contributed by atoms with Crippen LogP contribution in [0, 0.1) is 4.91 Å². The molecule has 0 N–H and O–H groups in total. The van der Waals surface area contributed by atoms with Gasteiger partial charge in [-0.1, -0.05) is 13.3 Å². The van der Waals surface area contributed by atoms with E-state index in [1.165, 1.54) is 6.26 Å². The molecule has 3 nitrogen and oxygen atoms in total. The molecule has 0 aliphatic heterocycles. The first-order valence-electron chi connectivity index (χ1n) is 2.55. The van der Waals surface area contributed by atoms with Gasteiger partial charge in [0.15, 0.2) is 5.34 Å². The number of hydrogen-bond acceptors (Lipinski definition) is 3. The highest BCUT2D eigenvalue weighted by atomic mass is 16.7. The monoisotopic (exact) mass is 115 g/mol. The van der Waals surface area contributed by atoms with E-state index in [2.05, 4.69) is 10.2 Å². The molecule has 0 amide bonds. The Morgan fingerprint density at radius 1 is 1.75 bits per heavy atom. The Morgan fingerprint density at radius 3 is 3.00 bits per heavy atom. The van der Waals surface area contributed by atoms with Crippen molar-refractivity contribution in [3.05, 3.63) is 17.2 Å². The summed E-state index contributed by atoms with van der Waals surface area (Å²) in [6.07, 6.45) is 5.02. The average Bonchev–Trinajstić information content (AvgIpc) is 1.81. The van der Waals surface area contributed by atoms with Gasteiger partial charge in [0.25, 0.3) is 0 Å². The van der Waals surface area contributed by atoms with Crippen molar-refractivity contribution in [1.29, 1.82) is 0 Å². The van der Waals surface area contributed by atoms with Gasteiger partial charge in [0.2, 0.25) is 0 Å².